The highest BCUT2D eigenvalue weighted by molar-refractivity contribution is 5.85. The molecule has 2 heterocycles. The number of rotatable bonds is 4. The molecule has 0 unspecified atom stereocenters. The number of nitrogens with two attached hydrogens (primary N) is 1. The number of hydrogen-bond acceptors (Lipinski definition) is 5. The number of aromatic nitrogens is 1. The SMILES string of the molecule is CO[C@@H]1CC[C@H](C(=O)NCc2cnc3c(c2)CNCC3)C[C@H]1N.Cl.Cl. The van der Waals surface area contributed by atoms with Crippen molar-refractivity contribution in [3.05, 3.63) is 29.1 Å². The molecule has 1 amide bonds. The van der Waals surface area contributed by atoms with Gasteiger partial charge in [0.1, 0.15) is 0 Å². The molecule has 4 N–H and O–H groups in total. The number of nitrogens with one attached hydrogen (secondary N) is 2. The minimum Gasteiger partial charge on any atom is -0.380 e. The third-order valence-corrected chi connectivity index (χ3v) is 4.94. The Kier molecular flexibility index (Phi) is 9.10. The van der Waals surface area contributed by atoms with Crippen LogP contribution in [0, 0.1) is 5.92 Å². The van der Waals surface area contributed by atoms with Gasteiger partial charge < -0.3 is 21.1 Å². The number of amides is 1. The molecule has 142 valence electrons. The molecule has 1 aliphatic heterocycles. The summed E-state index contributed by atoms with van der Waals surface area (Å²) < 4.78 is 5.34. The van der Waals surface area contributed by atoms with E-state index in [0.29, 0.717) is 13.0 Å². The van der Waals surface area contributed by atoms with Gasteiger partial charge in [0.15, 0.2) is 0 Å². The molecule has 0 aromatic carbocycles. The quantitative estimate of drug-likeness (QED) is 0.721. The van der Waals surface area contributed by atoms with Gasteiger partial charge in [0, 0.05) is 57.0 Å². The standard InChI is InChI=1S/C17H26N4O2.2ClH/c1-23-16-3-2-12(7-14(16)18)17(22)21-9-11-6-13-10-19-5-4-15(13)20-8-11;;/h6,8,12,14,16,19H,2-5,7,9-10,18H2,1H3,(H,21,22);2*1H/t12-,14+,16+;;/m0../s1. The highest BCUT2D eigenvalue weighted by atomic mass is 35.5. The lowest BCUT2D eigenvalue weighted by molar-refractivity contribution is -0.127. The molecule has 2 aliphatic rings. The summed E-state index contributed by atoms with van der Waals surface area (Å²) in [6.45, 7) is 2.37. The Morgan fingerprint density at radius 1 is 1.44 bits per heavy atom. The molecule has 1 fully saturated rings. The van der Waals surface area contributed by atoms with Gasteiger partial charge in [-0.25, -0.2) is 0 Å². The zero-order valence-corrected chi connectivity index (χ0v) is 16.1. The van der Waals surface area contributed by atoms with Crippen molar-refractivity contribution in [2.75, 3.05) is 13.7 Å². The summed E-state index contributed by atoms with van der Waals surface area (Å²) in [6.07, 6.45) is 5.31. The molecular weight excluding hydrogens is 363 g/mol. The zero-order chi connectivity index (χ0) is 16.2. The first-order valence-electron chi connectivity index (χ1n) is 8.41. The van der Waals surface area contributed by atoms with Crippen molar-refractivity contribution in [3.63, 3.8) is 0 Å². The lowest BCUT2D eigenvalue weighted by Crippen LogP contribution is -2.45. The van der Waals surface area contributed by atoms with Crippen LogP contribution in [0.1, 0.15) is 36.1 Å². The van der Waals surface area contributed by atoms with Crippen LogP contribution in [0.3, 0.4) is 0 Å². The average molecular weight is 391 g/mol. The van der Waals surface area contributed by atoms with Gasteiger partial charge in [-0.3, -0.25) is 9.78 Å². The number of carbonyl (C=O) groups is 1. The number of fused-ring (bicyclic) bond motifs is 1. The summed E-state index contributed by atoms with van der Waals surface area (Å²) in [7, 11) is 1.68. The van der Waals surface area contributed by atoms with Crippen molar-refractivity contribution in [1.82, 2.24) is 15.6 Å². The smallest absolute Gasteiger partial charge is 0.223 e. The van der Waals surface area contributed by atoms with Crippen LogP contribution < -0.4 is 16.4 Å². The van der Waals surface area contributed by atoms with Gasteiger partial charge in [0.2, 0.25) is 5.91 Å². The lowest BCUT2D eigenvalue weighted by atomic mass is 9.83. The molecule has 1 aliphatic carbocycles. The Labute approximate surface area is 161 Å². The Bertz CT molecular complexity index is 574. The van der Waals surface area contributed by atoms with Crippen LogP contribution >= 0.6 is 24.8 Å². The predicted octanol–water partition coefficient (Wildman–Crippen LogP) is 1.33. The summed E-state index contributed by atoms with van der Waals surface area (Å²) in [4.78, 5) is 16.9. The van der Waals surface area contributed by atoms with Gasteiger partial charge in [-0.1, -0.05) is 0 Å². The normalized spacial score (nSPS) is 25.1. The number of carbonyl (C=O) groups excluding carboxylic acids is 1. The summed E-state index contributed by atoms with van der Waals surface area (Å²) in [5.74, 6) is 0.0782. The molecule has 1 aromatic rings. The van der Waals surface area contributed by atoms with Crippen molar-refractivity contribution >= 4 is 30.7 Å². The fraction of sp³-hybridized carbons (Fsp3) is 0.647. The Hall–Kier alpha value is -0.920. The van der Waals surface area contributed by atoms with E-state index >= 15 is 0 Å². The number of halogens is 2. The Balaban J connectivity index is 0.00000156. The zero-order valence-electron chi connectivity index (χ0n) is 14.5. The summed E-state index contributed by atoms with van der Waals surface area (Å²) >= 11 is 0. The lowest BCUT2D eigenvalue weighted by Gasteiger charge is -2.32. The molecule has 3 atom stereocenters. The van der Waals surface area contributed by atoms with Gasteiger partial charge in [-0.15, -0.1) is 24.8 Å². The predicted molar refractivity (Wildman–Crippen MR) is 102 cm³/mol. The second-order valence-electron chi connectivity index (χ2n) is 6.54. The number of nitrogens with zero attached hydrogens (tertiary/aromatic N) is 1. The summed E-state index contributed by atoms with van der Waals surface area (Å²) in [5, 5.41) is 6.38. The third kappa shape index (κ3) is 5.53. The molecule has 0 bridgehead atoms. The molecule has 1 saturated carbocycles. The van der Waals surface area contributed by atoms with E-state index in [4.69, 9.17) is 10.5 Å². The van der Waals surface area contributed by atoms with Gasteiger partial charge >= 0.3 is 0 Å². The van der Waals surface area contributed by atoms with Crippen LogP contribution in [0.15, 0.2) is 12.3 Å². The molecule has 3 rings (SSSR count). The fourth-order valence-corrected chi connectivity index (χ4v) is 3.53. The number of pyridine rings is 1. The van der Waals surface area contributed by atoms with Crippen LogP contribution in [-0.4, -0.2) is 36.7 Å². The first-order valence-corrected chi connectivity index (χ1v) is 8.41. The molecule has 1 aromatic heterocycles. The third-order valence-electron chi connectivity index (χ3n) is 4.94. The van der Waals surface area contributed by atoms with E-state index in [1.54, 1.807) is 7.11 Å². The van der Waals surface area contributed by atoms with Crippen LogP contribution in [-0.2, 0) is 29.0 Å². The number of ether oxygens (including phenoxy) is 1. The van der Waals surface area contributed by atoms with Crippen LogP contribution in [0.2, 0.25) is 0 Å². The van der Waals surface area contributed by atoms with Crippen LogP contribution in [0.5, 0.6) is 0 Å². The highest BCUT2D eigenvalue weighted by Gasteiger charge is 2.31. The maximum Gasteiger partial charge on any atom is 0.223 e. The van der Waals surface area contributed by atoms with E-state index in [2.05, 4.69) is 21.7 Å². The largest absolute Gasteiger partial charge is 0.380 e. The van der Waals surface area contributed by atoms with Crippen LogP contribution in [0.25, 0.3) is 0 Å². The molecule has 0 saturated heterocycles. The number of methoxy groups -OCH3 is 1. The summed E-state index contributed by atoms with van der Waals surface area (Å²) in [6, 6.07) is 2.09. The van der Waals surface area contributed by atoms with E-state index in [-0.39, 0.29) is 48.8 Å². The maximum atomic E-state index is 12.4. The minimum atomic E-state index is -0.0546. The Morgan fingerprint density at radius 3 is 2.96 bits per heavy atom. The van der Waals surface area contributed by atoms with Crippen LogP contribution in [0.4, 0.5) is 0 Å². The molecule has 0 radical (unpaired) electrons. The van der Waals surface area contributed by atoms with Crippen molar-refractivity contribution in [2.24, 2.45) is 11.7 Å². The van der Waals surface area contributed by atoms with Crippen molar-refractivity contribution in [3.8, 4) is 0 Å². The topological polar surface area (TPSA) is 89.3 Å². The molecule has 25 heavy (non-hydrogen) atoms. The van der Waals surface area contributed by atoms with E-state index in [9.17, 15) is 4.79 Å². The van der Waals surface area contributed by atoms with Gasteiger partial charge in [-0.05, 0) is 36.5 Å². The second-order valence-corrected chi connectivity index (χ2v) is 6.54. The molecule has 8 heteroatoms. The number of hydrogen-bond donors (Lipinski definition) is 3. The molecule has 6 nitrogen and oxygen atoms in total. The maximum absolute atomic E-state index is 12.4. The highest BCUT2D eigenvalue weighted by Crippen LogP contribution is 2.25. The van der Waals surface area contributed by atoms with Crippen molar-refractivity contribution < 1.29 is 9.53 Å². The van der Waals surface area contributed by atoms with Crippen molar-refractivity contribution in [1.29, 1.82) is 0 Å². The second kappa shape index (κ2) is 10.3. The Morgan fingerprint density at radius 2 is 2.24 bits per heavy atom. The van der Waals surface area contributed by atoms with E-state index in [1.165, 1.54) is 11.3 Å². The van der Waals surface area contributed by atoms with E-state index in [1.807, 2.05) is 6.20 Å². The van der Waals surface area contributed by atoms with Gasteiger partial charge in [0.25, 0.3) is 0 Å². The van der Waals surface area contributed by atoms with Gasteiger partial charge in [0.05, 0.1) is 6.10 Å². The van der Waals surface area contributed by atoms with E-state index < -0.39 is 0 Å². The average Bonchev–Trinajstić information content (AvgIpc) is 2.59. The first-order chi connectivity index (χ1) is 11.2. The van der Waals surface area contributed by atoms with Crippen molar-refractivity contribution in [2.45, 2.75) is 50.9 Å². The molecular formula is C17H28Cl2N4O2. The summed E-state index contributed by atoms with van der Waals surface area (Å²) in [5.41, 5.74) is 9.54. The fourth-order valence-electron chi connectivity index (χ4n) is 3.53. The molecule has 0 spiro atoms. The monoisotopic (exact) mass is 390 g/mol. The first kappa shape index (κ1) is 22.1. The van der Waals surface area contributed by atoms with E-state index in [0.717, 1.165) is 37.9 Å². The van der Waals surface area contributed by atoms with Gasteiger partial charge in [-0.2, -0.15) is 0 Å². The minimum absolute atomic E-state index is 0.